The van der Waals surface area contributed by atoms with Gasteiger partial charge in [-0.15, -0.1) is 11.3 Å². The molecule has 2 aliphatic rings. The van der Waals surface area contributed by atoms with Crippen molar-refractivity contribution in [2.24, 2.45) is 0 Å². The van der Waals surface area contributed by atoms with E-state index in [1.54, 1.807) is 0 Å². The molecule has 1 saturated heterocycles. The lowest BCUT2D eigenvalue weighted by molar-refractivity contribution is -0.0605. The number of nitrogens with zero attached hydrogens (tertiary/aromatic N) is 1. The molecule has 2 fully saturated rings. The first kappa shape index (κ1) is 15.9. The molecule has 1 amide bonds. The quantitative estimate of drug-likeness (QED) is 0.892. The van der Waals surface area contributed by atoms with Crippen LogP contribution >= 0.6 is 11.3 Å². The Labute approximate surface area is 135 Å². The van der Waals surface area contributed by atoms with Gasteiger partial charge in [-0.2, -0.15) is 0 Å². The summed E-state index contributed by atoms with van der Waals surface area (Å²) < 4.78 is 5.26. The van der Waals surface area contributed by atoms with Gasteiger partial charge >= 0.3 is 0 Å². The summed E-state index contributed by atoms with van der Waals surface area (Å²) in [6, 6.07) is 0. The van der Waals surface area contributed by atoms with Crippen LogP contribution in [0.5, 0.6) is 0 Å². The van der Waals surface area contributed by atoms with E-state index < -0.39 is 5.60 Å². The molecule has 0 bridgehead atoms. The summed E-state index contributed by atoms with van der Waals surface area (Å²) in [5.74, 6) is 0.420. The lowest BCUT2D eigenvalue weighted by atomic mass is 9.94. The monoisotopic (exact) mass is 324 g/mol. The molecule has 22 heavy (non-hydrogen) atoms. The standard InChI is InChI=1S/C16H24N2O3S/c1-11-13(22-15(18-11)12-4-2-3-5-12)14(19)17-10-16(20)6-8-21-9-7-16/h12,20H,2-10H2,1H3,(H,17,19). The van der Waals surface area contributed by atoms with Gasteiger partial charge in [-0.25, -0.2) is 4.98 Å². The average Bonchev–Trinajstić information content (AvgIpc) is 3.15. The van der Waals surface area contributed by atoms with Gasteiger partial charge in [0.05, 0.1) is 16.3 Å². The minimum absolute atomic E-state index is 0.112. The van der Waals surface area contributed by atoms with Crippen LogP contribution in [0.25, 0.3) is 0 Å². The fourth-order valence-electron chi connectivity index (χ4n) is 3.23. The second-order valence-corrected chi connectivity index (χ2v) is 7.50. The molecule has 0 unspecified atom stereocenters. The number of ether oxygens (including phenoxy) is 1. The molecular formula is C16H24N2O3S. The molecule has 0 radical (unpaired) electrons. The molecule has 2 N–H and O–H groups in total. The zero-order valence-corrected chi connectivity index (χ0v) is 13.9. The Morgan fingerprint density at radius 3 is 2.77 bits per heavy atom. The number of carbonyl (C=O) groups is 1. The second kappa shape index (κ2) is 6.64. The predicted octanol–water partition coefficient (Wildman–Crippen LogP) is 2.38. The van der Waals surface area contributed by atoms with Crippen LogP contribution in [0.15, 0.2) is 0 Å². The van der Waals surface area contributed by atoms with E-state index in [1.165, 1.54) is 37.0 Å². The fourth-order valence-corrected chi connectivity index (χ4v) is 4.38. The van der Waals surface area contributed by atoms with E-state index in [9.17, 15) is 9.90 Å². The van der Waals surface area contributed by atoms with Crippen molar-refractivity contribution in [3.63, 3.8) is 0 Å². The van der Waals surface area contributed by atoms with E-state index in [0.717, 1.165) is 10.7 Å². The van der Waals surface area contributed by atoms with Crippen LogP contribution in [0.3, 0.4) is 0 Å². The van der Waals surface area contributed by atoms with Crippen LogP contribution in [0, 0.1) is 6.92 Å². The molecule has 1 aromatic rings. The van der Waals surface area contributed by atoms with Crippen molar-refractivity contribution >= 4 is 17.2 Å². The molecule has 1 saturated carbocycles. The third-order valence-corrected chi connectivity index (χ3v) is 6.04. The highest BCUT2D eigenvalue weighted by Crippen LogP contribution is 2.37. The SMILES string of the molecule is Cc1nc(C2CCCC2)sc1C(=O)NCC1(O)CCOCC1. The predicted molar refractivity (Wildman–Crippen MR) is 85.4 cm³/mol. The van der Waals surface area contributed by atoms with Crippen LogP contribution in [-0.4, -0.2) is 41.4 Å². The van der Waals surface area contributed by atoms with E-state index in [-0.39, 0.29) is 12.5 Å². The third-order valence-electron chi connectivity index (χ3n) is 4.73. The number of aryl methyl sites for hydroxylation is 1. The molecule has 0 atom stereocenters. The topological polar surface area (TPSA) is 71.5 Å². The summed E-state index contributed by atoms with van der Waals surface area (Å²) in [6.45, 7) is 3.29. The molecule has 1 aliphatic carbocycles. The minimum Gasteiger partial charge on any atom is -0.388 e. The van der Waals surface area contributed by atoms with Gasteiger partial charge in [0.2, 0.25) is 0 Å². The molecule has 2 heterocycles. The van der Waals surface area contributed by atoms with E-state index in [1.807, 2.05) is 6.92 Å². The lowest BCUT2D eigenvalue weighted by Crippen LogP contribution is -2.46. The number of hydrogen-bond donors (Lipinski definition) is 2. The molecule has 0 aromatic carbocycles. The zero-order valence-electron chi connectivity index (χ0n) is 13.1. The summed E-state index contributed by atoms with van der Waals surface area (Å²) in [7, 11) is 0. The molecule has 1 aromatic heterocycles. The molecule has 5 nitrogen and oxygen atoms in total. The highest BCUT2D eigenvalue weighted by molar-refractivity contribution is 7.13. The maximum Gasteiger partial charge on any atom is 0.263 e. The highest BCUT2D eigenvalue weighted by Gasteiger charge is 2.31. The number of rotatable bonds is 4. The van der Waals surface area contributed by atoms with Crippen LogP contribution in [0.2, 0.25) is 0 Å². The van der Waals surface area contributed by atoms with E-state index in [2.05, 4.69) is 10.3 Å². The van der Waals surface area contributed by atoms with Crippen molar-refractivity contribution in [2.75, 3.05) is 19.8 Å². The van der Waals surface area contributed by atoms with E-state index in [0.29, 0.717) is 36.9 Å². The molecule has 122 valence electrons. The van der Waals surface area contributed by atoms with Crippen molar-refractivity contribution in [2.45, 2.75) is 57.0 Å². The van der Waals surface area contributed by atoms with Gasteiger partial charge in [0, 0.05) is 38.5 Å². The van der Waals surface area contributed by atoms with Crippen molar-refractivity contribution in [3.05, 3.63) is 15.6 Å². The maximum absolute atomic E-state index is 12.4. The normalized spacial score (nSPS) is 21.9. The van der Waals surface area contributed by atoms with E-state index in [4.69, 9.17) is 4.74 Å². The minimum atomic E-state index is -0.833. The van der Waals surface area contributed by atoms with Gasteiger partial charge in [-0.1, -0.05) is 12.8 Å². The zero-order chi connectivity index (χ0) is 15.6. The van der Waals surface area contributed by atoms with Crippen molar-refractivity contribution in [1.82, 2.24) is 10.3 Å². The Morgan fingerprint density at radius 2 is 2.09 bits per heavy atom. The fraction of sp³-hybridized carbons (Fsp3) is 0.750. The first-order valence-electron chi connectivity index (χ1n) is 8.13. The van der Waals surface area contributed by atoms with Crippen LogP contribution in [0.1, 0.15) is 64.8 Å². The number of aliphatic hydroxyl groups is 1. The Hall–Kier alpha value is -0.980. The summed E-state index contributed by atoms with van der Waals surface area (Å²) >= 11 is 1.52. The Bertz CT molecular complexity index is 531. The van der Waals surface area contributed by atoms with Gasteiger partial charge in [0.15, 0.2) is 0 Å². The average molecular weight is 324 g/mol. The molecular weight excluding hydrogens is 300 g/mol. The number of hydrogen-bond acceptors (Lipinski definition) is 5. The summed E-state index contributed by atoms with van der Waals surface area (Å²) in [5, 5.41) is 14.4. The van der Waals surface area contributed by atoms with Gasteiger partial charge in [0.1, 0.15) is 4.88 Å². The largest absolute Gasteiger partial charge is 0.388 e. The van der Waals surface area contributed by atoms with Gasteiger partial charge in [-0.05, 0) is 19.8 Å². The first-order valence-corrected chi connectivity index (χ1v) is 8.95. The summed E-state index contributed by atoms with van der Waals surface area (Å²) in [4.78, 5) is 17.7. The first-order chi connectivity index (χ1) is 10.6. The van der Waals surface area contributed by atoms with Crippen molar-refractivity contribution in [3.8, 4) is 0 Å². The Morgan fingerprint density at radius 1 is 1.41 bits per heavy atom. The molecule has 6 heteroatoms. The smallest absolute Gasteiger partial charge is 0.263 e. The number of thiazole rings is 1. The lowest BCUT2D eigenvalue weighted by Gasteiger charge is -2.31. The molecule has 0 spiro atoms. The number of amides is 1. The van der Waals surface area contributed by atoms with Crippen LogP contribution in [-0.2, 0) is 4.74 Å². The summed E-state index contributed by atoms with van der Waals surface area (Å²) in [5.41, 5.74) is -0.0239. The third kappa shape index (κ3) is 3.50. The van der Waals surface area contributed by atoms with Gasteiger partial charge in [0.25, 0.3) is 5.91 Å². The second-order valence-electron chi connectivity index (χ2n) is 6.47. The summed E-state index contributed by atoms with van der Waals surface area (Å²) in [6.07, 6.45) is 6.05. The molecule has 3 rings (SSSR count). The maximum atomic E-state index is 12.4. The Balaban J connectivity index is 1.62. The van der Waals surface area contributed by atoms with E-state index >= 15 is 0 Å². The molecule has 1 aliphatic heterocycles. The van der Waals surface area contributed by atoms with Gasteiger partial charge < -0.3 is 15.2 Å². The number of carbonyl (C=O) groups excluding carboxylic acids is 1. The number of nitrogens with one attached hydrogen (secondary N) is 1. The number of aromatic nitrogens is 1. The van der Waals surface area contributed by atoms with Crippen molar-refractivity contribution in [1.29, 1.82) is 0 Å². The highest BCUT2D eigenvalue weighted by atomic mass is 32.1. The Kier molecular flexibility index (Phi) is 4.80. The van der Waals surface area contributed by atoms with Crippen LogP contribution < -0.4 is 5.32 Å². The van der Waals surface area contributed by atoms with Crippen LogP contribution in [0.4, 0.5) is 0 Å². The van der Waals surface area contributed by atoms with Gasteiger partial charge in [-0.3, -0.25) is 4.79 Å². The van der Waals surface area contributed by atoms with Crippen molar-refractivity contribution < 1.29 is 14.6 Å².